The number of hydrogen-bond donors (Lipinski definition) is 3. The van der Waals surface area contributed by atoms with Crippen LogP contribution in [0.25, 0.3) is 10.9 Å². The maximum absolute atomic E-state index is 10.8. The summed E-state index contributed by atoms with van der Waals surface area (Å²) in [5, 5.41) is 9.26. The molecule has 2 bridgehead atoms. The van der Waals surface area contributed by atoms with Gasteiger partial charge in [-0.1, -0.05) is 30.3 Å². The molecule has 0 unspecified atom stereocenters. The van der Waals surface area contributed by atoms with Crippen LogP contribution < -0.4 is 11.3 Å². The summed E-state index contributed by atoms with van der Waals surface area (Å²) < 4.78 is 0. The Bertz CT molecular complexity index is 732. The summed E-state index contributed by atoms with van der Waals surface area (Å²) in [5.41, 5.74) is 7.19. The van der Waals surface area contributed by atoms with Crippen molar-refractivity contribution >= 4 is 16.9 Å². The van der Waals surface area contributed by atoms with E-state index in [4.69, 9.17) is 10.8 Å². The van der Waals surface area contributed by atoms with Crippen molar-refractivity contribution in [1.29, 1.82) is 0 Å². The molecule has 2 heterocycles. The van der Waals surface area contributed by atoms with E-state index in [-0.39, 0.29) is 5.56 Å². The zero-order valence-corrected chi connectivity index (χ0v) is 11.3. The van der Waals surface area contributed by atoms with E-state index in [2.05, 4.69) is 4.98 Å². The number of nitrogens with two attached hydrogens (primary N) is 1. The van der Waals surface area contributed by atoms with Crippen molar-refractivity contribution in [1.82, 2.24) is 4.98 Å². The lowest BCUT2D eigenvalue weighted by molar-refractivity contribution is -0.138. The number of fused-ring (bicyclic) bond motifs is 3. The number of carboxylic acid groups (broad SMARTS) is 1. The molecule has 4 rings (SSSR count). The van der Waals surface area contributed by atoms with E-state index >= 15 is 0 Å². The number of benzene rings is 2. The van der Waals surface area contributed by atoms with Crippen LogP contribution in [0.15, 0.2) is 59.4 Å². The van der Waals surface area contributed by atoms with Crippen LogP contribution in [0.5, 0.6) is 0 Å². The van der Waals surface area contributed by atoms with Crippen molar-refractivity contribution in [3.05, 3.63) is 70.5 Å². The molecule has 5 nitrogen and oxygen atoms in total. The molecule has 0 aliphatic carbocycles. The molecule has 1 atom stereocenters. The molecule has 0 aliphatic rings. The Hall–Kier alpha value is -2.66. The summed E-state index contributed by atoms with van der Waals surface area (Å²) in [5.74, 6) is -0.959. The number of rotatable bonds is 3. The zero-order valence-electron chi connectivity index (χ0n) is 11.3. The fourth-order valence-corrected chi connectivity index (χ4v) is 1.86. The minimum atomic E-state index is -0.959. The molecule has 4 N–H and O–H groups in total. The fourth-order valence-electron chi connectivity index (χ4n) is 1.86. The van der Waals surface area contributed by atoms with E-state index in [9.17, 15) is 9.59 Å². The highest BCUT2D eigenvalue weighted by molar-refractivity contribution is 5.73. The number of nitrogens with one attached hydrogen (secondary N) is 1. The second kappa shape index (κ2) is 6.67. The Kier molecular flexibility index (Phi) is 4.68. The Morgan fingerprint density at radius 3 is 2.10 bits per heavy atom. The van der Waals surface area contributed by atoms with Gasteiger partial charge in [-0.05, 0) is 36.2 Å². The van der Waals surface area contributed by atoms with Gasteiger partial charge in [0.2, 0.25) is 0 Å². The Morgan fingerprint density at radius 1 is 1.10 bits per heavy atom. The summed E-state index contributed by atoms with van der Waals surface area (Å²) in [7, 11) is 0. The third-order valence-corrected chi connectivity index (χ3v) is 3.02. The van der Waals surface area contributed by atoms with Crippen molar-refractivity contribution in [2.75, 3.05) is 0 Å². The van der Waals surface area contributed by atoms with E-state index < -0.39 is 12.0 Å². The van der Waals surface area contributed by atoms with Crippen LogP contribution in [0.1, 0.15) is 5.56 Å². The summed E-state index contributed by atoms with van der Waals surface area (Å²) in [4.78, 5) is 23.8. The summed E-state index contributed by atoms with van der Waals surface area (Å²) in [6.07, 6.45) is 0.385. The van der Waals surface area contributed by atoms with Crippen molar-refractivity contribution < 1.29 is 9.90 Å². The highest BCUT2D eigenvalue weighted by atomic mass is 16.4. The van der Waals surface area contributed by atoms with Gasteiger partial charge in [0.05, 0.1) is 0 Å². The highest BCUT2D eigenvalue weighted by Crippen LogP contribution is 2.02. The largest absolute Gasteiger partial charge is 0.480 e. The van der Waals surface area contributed by atoms with Gasteiger partial charge in [-0.25, -0.2) is 0 Å². The number of aromatic nitrogens is 1. The quantitative estimate of drug-likeness (QED) is 0.680. The lowest BCUT2D eigenvalue weighted by atomic mass is 10.1. The number of aromatic amines is 1. The minimum absolute atomic E-state index is 0.00926. The van der Waals surface area contributed by atoms with Crippen LogP contribution in [0, 0.1) is 0 Å². The third-order valence-electron chi connectivity index (χ3n) is 3.02. The van der Waals surface area contributed by atoms with Crippen molar-refractivity contribution in [3.63, 3.8) is 0 Å². The van der Waals surface area contributed by atoms with Gasteiger partial charge in [-0.2, -0.15) is 0 Å². The van der Waals surface area contributed by atoms with Crippen LogP contribution in [-0.4, -0.2) is 22.1 Å². The van der Waals surface area contributed by atoms with Crippen molar-refractivity contribution in [2.45, 2.75) is 12.5 Å². The lowest BCUT2D eigenvalue weighted by Crippen LogP contribution is -2.32. The van der Waals surface area contributed by atoms with Crippen LogP contribution >= 0.6 is 0 Å². The molecule has 0 amide bonds. The van der Waals surface area contributed by atoms with Gasteiger partial charge in [-0.3, -0.25) is 9.59 Å². The molecule has 2 aromatic heterocycles. The first kappa shape index (κ1) is 14.7. The normalized spacial score (nSPS) is 11.7. The van der Waals surface area contributed by atoms with Crippen LogP contribution in [-0.2, 0) is 11.2 Å². The predicted octanol–water partition coefficient (Wildman–Crippen LogP) is 1.61. The van der Waals surface area contributed by atoms with Crippen molar-refractivity contribution in [2.24, 2.45) is 5.73 Å². The lowest BCUT2D eigenvalue weighted by Gasteiger charge is -2.04. The van der Waals surface area contributed by atoms with E-state index in [1.807, 2.05) is 54.6 Å². The number of carbonyl (C=O) groups is 1. The van der Waals surface area contributed by atoms with E-state index in [1.165, 1.54) is 0 Å². The third kappa shape index (κ3) is 4.15. The smallest absolute Gasteiger partial charge is 0.320 e. The molecule has 5 heteroatoms. The predicted molar refractivity (Wildman–Crippen MR) is 81.5 cm³/mol. The van der Waals surface area contributed by atoms with Gasteiger partial charge in [0.15, 0.2) is 0 Å². The van der Waals surface area contributed by atoms with Gasteiger partial charge in [0, 0.05) is 10.9 Å². The Morgan fingerprint density at radius 2 is 1.71 bits per heavy atom. The van der Waals surface area contributed by atoms with Gasteiger partial charge < -0.3 is 15.8 Å². The van der Waals surface area contributed by atoms with E-state index in [0.29, 0.717) is 6.42 Å². The first-order valence-electron chi connectivity index (χ1n) is 6.50. The Labute approximate surface area is 121 Å². The number of aliphatic carboxylic acids is 1. The highest BCUT2D eigenvalue weighted by Gasteiger charge is 2.10. The maximum Gasteiger partial charge on any atom is 0.320 e. The molecular formula is C16H16N2O3. The fraction of sp³-hybridized carbons (Fsp3) is 0.125. The molecule has 0 fully saturated rings. The van der Waals surface area contributed by atoms with Crippen LogP contribution in [0.4, 0.5) is 0 Å². The number of pyridine rings is 2. The summed E-state index contributed by atoms with van der Waals surface area (Å²) in [6.45, 7) is 0. The minimum Gasteiger partial charge on any atom is -0.480 e. The second-order valence-corrected chi connectivity index (χ2v) is 4.67. The first-order valence-corrected chi connectivity index (χ1v) is 6.50. The SMILES string of the molecule is N[C@@H](Cc1ccccc1)C(=O)O.O=c1[nH]c2ccc1cc2. The number of H-pyrrole nitrogens is 1. The molecule has 4 aromatic rings. The molecule has 21 heavy (non-hydrogen) atoms. The van der Waals surface area contributed by atoms with Gasteiger partial charge >= 0.3 is 5.97 Å². The van der Waals surface area contributed by atoms with Gasteiger partial charge in [-0.15, -0.1) is 0 Å². The average molecular weight is 284 g/mol. The average Bonchev–Trinajstić information content (AvgIpc) is 2.50. The standard InChI is InChI=1S/C9H11NO2.C7H5NO/c10-8(9(11)12)6-7-4-2-1-3-5-7;9-7-5-1-3-6(8-7)4-2-5/h1-5,8H,6,10H2,(H,11,12);1-4H,(H,8,9)/t8-;/m0./s1. The molecule has 0 saturated carbocycles. The number of hydrogen-bond acceptors (Lipinski definition) is 3. The topological polar surface area (TPSA) is 96.2 Å². The molecule has 0 aliphatic heterocycles. The molecule has 2 aromatic carbocycles. The van der Waals surface area contributed by atoms with Gasteiger partial charge in [0.1, 0.15) is 6.04 Å². The van der Waals surface area contributed by atoms with Crippen LogP contribution in [0.2, 0.25) is 0 Å². The maximum atomic E-state index is 10.8. The second-order valence-electron chi connectivity index (χ2n) is 4.67. The van der Waals surface area contributed by atoms with Gasteiger partial charge in [0.25, 0.3) is 5.56 Å². The van der Waals surface area contributed by atoms with Crippen LogP contribution in [0.3, 0.4) is 0 Å². The summed E-state index contributed by atoms with van der Waals surface area (Å²) >= 11 is 0. The monoisotopic (exact) mass is 284 g/mol. The Balaban J connectivity index is 0.000000159. The molecule has 0 saturated heterocycles. The molecular weight excluding hydrogens is 268 g/mol. The molecule has 0 spiro atoms. The zero-order chi connectivity index (χ0) is 15.2. The summed E-state index contributed by atoms with van der Waals surface area (Å²) in [6, 6.07) is 15.9. The molecule has 0 radical (unpaired) electrons. The van der Waals surface area contributed by atoms with E-state index in [0.717, 1.165) is 16.5 Å². The van der Waals surface area contributed by atoms with E-state index in [1.54, 1.807) is 0 Å². The van der Waals surface area contributed by atoms with Crippen molar-refractivity contribution in [3.8, 4) is 0 Å². The molecule has 108 valence electrons. The first-order chi connectivity index (χ1) is 10.1. The number of carboxylic acids is 1.